The molecule has 0 N–H and O–H groups in total. The summed E-state index contributed by atoms with van der Waals surface area (Å²) >= 11 is 3.32. The molecular weight excluding hydrogens is 306 g/mol. The second kappa shape index (κ2) is 5.13. The van der Waals surface area contributed by atoms with Crippen LogP contribution in [0, 0.1) is 0 Å². The summed E-state index contributed by atoms with van der Waals surface area (Å²) < 4.78 is 14.1. The lowest BCUT2D eigenvalue weighted by Crippen LogP contribution is -1.97. The number of benzene rings is 1. The summed E-state index contributed by atoms with van der Waals surface area (Å²) in [6, 6.07) is 12.1. The summed E-state index contributed by atoms with van der Waals surface area (Å²) in [5.41, 5.74) is 1.15. The molecular formula is C15H14BrNO2. The zero-order valence-electron chi connectivity index (χ0n) is 10.6. The predicted octanol–water partition coefficient (Wildman–Crippen LogP) is 4.44. The van der Waals surface area contributed by atoms with E-state index in [1.54, 1.807) is 0 Å². The minimum Gasteiger partial charge on any atom is -0.493 e. The van der Waals surface area contributed by atoms with Crippen molar-refractivity contribution in [2.45, 2.75) is 13.5 Å². The van der Waals surface area contributed by atoms with Crippen molar-refractivity contribution in [3.8, 4) is 5.75 Å². The Balaban J connectivity index is 1.98. The van der Waals surface area contributed by atoms with Crippen LogP contribution in [0.4, 0.5) is 0 Å². The molecule has 0 aliphatic rings. The topological polar surface area (TPSA) is 27.3 Å². The number of halogens is 1. The van der Waals surface area contributed by atoms with Crippen LogP contribution in [-0.4, -0.2) is 11.2 Å². The number of furan rings is 1. The molecule has 0 saturated heterocycles. The van der Waals surface area contributed by atoms with E-state index in [2.05, 4.69) is 38.8 Å². The van der Waals surface area contributed by atoms with Crippen LogP contribution in [0.2, 0.25) is 0 Å². The third-order valence-electron chi connectivity index (χ3n) is 3.03. The second-order valence-corrected chi connectivity index (χ2v) is 5.05. The largest absolute Gasteiger partial charge is 0.493 e. The van der Waals surface area contributed by atoms with Gasteiger partial charge in [-0.2, -0.15) is 0 Å². The van der Waals surface area contributed by atoms with Gasteiger partial charge in [0, 0.05) is 11.6 Å². The van der Waals surface area contributed by atoms with Gasteiger partial charge in [0.05, 0.1) is 18.7 Å². The first-order valence-electron chi connectivity index (χ1n) is 6.23. The van der Waals surface area contributed by atoms with Crippen molar-refractivity contribution in [1.82, 2.24) is 4.57 Å². The van der Waals surface area contributed by atoms with Gasteiger partial charge in [0.15, 0.2) is 4.67 Å². The van der Waals surface area contributed by atoms with Crippen molar-refractivity contribution in [2.24, 2.45) is 0 Å². The molecule has 0 amide bonds. The molecule has 0 aliphatic heterocycles. The monoisotopic (exact) mass is 319 g/mol. The molecule has 19 heavy (non-hydrogen) atoms. The minimum absolute atomic E-state index is 0.676. The Morgan fingerprint density at radius 2 is 2.11 bits per heavy atom. The fourth-order valence-corrected chi connectivity index (χ4v) is 2.56. The summed E-state index contributed by atoms with van der Waals surface area (Å²) in [6.45, 7) is 3.39. The van der Waals surface area contributed by atoms with E-state index in [0.29, 0.717) is 13.2 Å². The lowest BCUT2D eigenvalue weighted by Gasteiger charge is -2.06. The number of hydrogen-bond donors (Lipinski definition) is 0. The maximum absolute atomic E-state index is 5.64. The van der Waals surface area contributed by atoms with Gasteiger partial charge in [-0.15, -0.1) is 0 Å². The van der Waals surface area contributed by atoms with Crippen LogP contribution in [0.15, 0.2) is 51.7 Å². The number of hydrogen-bond acceptors (Lipinski definition) is 2. The molecule has 0 atom stereocenters. The molecule has 0 saturated carbocycles. The number of fused-ring (bicyclic) bond motifs is 1. The van der Waals surface area contributed by atoms with E-state index in [1.807, 2.05) is 31.2 Å². The summed E-state index contributed by atoms with van der Waals surface area (Å²) in [6.07, 6.45) is 2.06. The average molecular weight is 320 g/mol. The molecule has 0 radical (unpaired) electrons. The van der Waals surface area contributed by atoms with Crippen LogP contribution < -0.4 is 4.74 Å². The van der Waals surface area contributed by atoms with Crippen LogP contribution in [0.5, 0.6) is 5.75 Å². The van der Waals surface area contributed by atoms with Gasteiger partial charge in [-0.1, -0.05) is 6.07 Å². The molecule has 98 valence electrons. The van der Waals surface area contributed by atoms with Crippen LogP contribution in [0.1, 0.15) is 12.7 Å². The van der Waals surface area contributed by atoms with Crippen LogP contribution in [-0.2, 0) is 6.54 Å². The Kier molecular flexibility index (Phi) is 3.34. The molecule has 0 fully saturated rings. The number of aromatic nitrogens is 1. The van der Waals surface area contributed by atoms with Gasteiger partial charge in [0.25, 0.3) is 0 Å². The van der Waals surface area contributed by atoms with Crippen molar-refractivity contribution in [2.75, 3.05) is 6.61 Å². The third-order valence-corrected chi connectivity index (χ3v) is 3.45. The first kappa shape index (κ1) is 12.4. The molecule has 3 aromatic rings. The Hall–Kier alpha value is -1.68. The van der Waals surface area contributed by atoms with Crippen LogP contribution >= 0.6 is 15.9 Å². The molecule has 3 rings (SSSR count). The molecule has 0 aliphatic carbocycles. The fourth-order valence-electron chi connectivity index (χ4n) is 2.22. The number of ether oxygens (including phenoxy) is 1. The minimum atomic E-state index is 0.676. The standard InChI is InChI=1S/C15H14BrNO2/c1-2-18-14-5-3-4-13-12(14)8-9-17(13)10-11-6-7-15(16)19-11/h3-9H,2,10H2,1H3. The van der Waals surface area contributed by atoms with E-state index in [4.69, 9.17) is 9.15 Å². The van der Waals surface area contributed by atoms with E-state index in [9.17, 15) is 0 Å². The van der Waals surface area contributed by atoms with E-state index in [0.717, 1.165) is 27.1 Å². The highest BCUT2D eigenvalue weighted by Crippen LogP contribution is 2.27. The molecule has 2 heterocycles. The van der Waals surface area contributed by atoms with E-state index in [1.165, 1.54) is 0 Å². The highest BCUT2D eigenvalue weighted by atomic mass is 79.9. The number of nitrogens with zero attached hydrogens (tertiary/aromatic N) is 1. The Morgan fingerprint density at radius 3 is 2.84 bits per heavy atom. The first-order chi connectivity index (χ1) is 9.28. The Bertz CT molecular complexity index is 699. The van der Waals surface area contributed by atoms with Gasteiger partial charge in [-0.25, -0.2) is 0 Å². The normalized spacial score (nSPS) is 11.1. The zero-order valence-corrected chi connectivity index (χ0v) is 12.2. The van der Waals surface area contributed by atoms with E-state index < -0.39 is 0 Å². The van der Waals surface area contributed by atoms with Crippen LogP contribution in [0.3, 0.4) is 0 Å². The van der Waals surface area contributed by atoms with Gasteiger partial charge < -0.3 is 13.7 Å². The van der Waals surface area contributed by atoms with E-state index >= 15 is 0 Å². The van der Waals surface area contributed by atoms with Crippen molar-refractivity contribution in [3.63, 3.8) is 0 Å². The summed E-state index contributed by atoms with van der Waals surface area (Å²) in [7, 11) is 0. The Morgan fingerprint density at radius 1 is 1.21 bits per heavy atom. The maximum Gasteiger partial charge on any atom is 0.169 e. The third kappa shape index (κ3) is 2.40. The lowest BCUT2D eigenvalue weighted by atomic mass is 10.2. The molecule has 4 heteroatoms. The summed E-state index contributed by atoms with van der Waals surface area (Å²) in [5.74, 6) is 1.85. The van der Waals surface area contributed by atoms with Gasteiger partial charge in [-0.3, -0.25) is 0 Å². The Labute approximate surface area is 119 Å². The van der Waals surface area contributed by atoms with Crippen molar-refractivity contribution in [3.05, 3.63) is 53.0 Å². The van der Waals surface area contributed by atoms with Crippen molar-refractivity contribution >= 4 is 26.8 Å². The summed E-state index contributed by atoms with van der Waals surface area (Å²) in [4.78, 5) is 0. The molecule has 0 spiro atoms. The lowest BCUT2D eigenvalue weighted by molar-refractivity contribution is 0.344. The molecule has 3 nitrogen and oxygen atoms in total. The van der Waals surface area contributed by atoms with Crippen molar-refractivity contribution in [1.29, 1.82) is 0 Å². The van der Waals surface area contributed by atoms with Gasteiger partial charge in [-0.05, 0) is 53.2 Å². The fraction of sp³-hybridized carbons (Fsp3) is 0.200. The van der Waals surface area contributed by atoms with Crippen molar-refractivity contribution < 1.29 is 9.15 Å². The highest BCUT2D eigenvalue weighted by Gasteiger charge is 2.08. The zero-order chi connectivity index (χ0) is 13.2. The predicted molar refractivity (Wildman–Crippen MR) is 78.6 cm³/mol. The SMILES string of the molecule is CCOc1cccc2c1ccn2Cc1ccc(Br)o1. The highest BCUT2D eigenvalue weighted by molar-refractivity contribution is 9.10. The smallest absolute Gasteiger partial charge is 0.169 e. The van der Waals surface area contributed by atoms with Gasteiger partial charge in [0.2, 0.25) is 0 Å². The molecule has 0 bridgehead atoms. The summed E-state index contributed by atoms with van der Waals surface area (Å²) in [5, 5.41) is 1.13. The quantitative estimate of drug-likeness (QED) is 0.710. The molecule has 1 aromatic carbocycles. The molecule has 2 aromatic heterocycles. The van der Waals surface area contributed by atoms with Crippen LogP contribution in [0.25, 0.3) is 10.9 Å². The first-order valence-corrected chi connectivity index (χ1v) is 7.02. The molecule has 0 unspecified atom stereocenters. The number of rotatable bonds is 4. The average Bonchev–Trinajstić information content (AvgIpc) is 2.99. The van der Waals surface area contributed by atoms with Gasteiger partial charge in [0.1, 0.15) is 11.5 Å². The van der Waals surface area contributed by atoms with E-state index in [-0.39, 0.29) is 0 Å². The maximum atomic E-state index is 5.64. The van der Waals surface area contributed by atoms with Gasteiger partial charge >= 0.3 is 0 Å². The second-order valence-electron chi connectivity index (χ2n) is 4.27.